The van der Waals surface area contributed by atoms with Gasteiger partial charge in [-0.05, 0) is 51.9 Å². The van der Waals surface area contributed by atoms with Gasteiger partial charge in [-0.1, -0.05) is 27.7 Å². The van der Waals surface area contributed by atoms with E-state index in [0.29, 0.717) is 0 Å². The molecular formula is C18H42N2O2. The van der Waals surface area contributed by atoms with Crippen molar-refractivity contribution in [2.24, 2.45) is 11.8 Å². The van der Waals surface area contributed by atoms with Crippen LogP contribution in [0.5, 0.6) is 0 Å². The Morgan fingerprint density at radius 2 is 1.05 bits per heavy atom. The van der Waals surface area contributed by atoms with Gasteiger partial charge in [-0.25, -0.2) is 0 Å². The van der Waals surface area contributed by atoms with Gasteiger partial charge in [0, 0.05) is 27.3 Å². The van der Waals surface area contributed by atoms with E-state index >= 15 is 0 Å². The molecule has 22 heavy (non-hydrogen) atoms. The molecule has 1 unspecified atom stereocenters. The third-order valence-corrected chi connectivity index (χ3v) is 3.78. The summed E-state index contributed by atoms with van der Waals surface area (Å²) in [6.45, 7) is 14.8. The minimum Gasteiger partial charge on any atom is -0.384 e. The van der Waals surface area contributed by atoms with E-state index in [-0.39, 0.29) is 0 Å². The molecule has 2 fully saturated rings. The van der Waals surface area contributed by atoms with Crippen molar-refractivity contribution in [2.75, 3.05) is 67.7 Å². The molecule has 2 rings (SSSR count). The lowest BCUT2D eigenvalue weighted by Crippen LogP contribution is -2.16. The molecule has 2 saturated heterocycles. The van der Waals surface area contributed by atoms with Crippen molar-refractivity contribution in [2.45, 2.75) is 40.5 Å². The highest BCUT2D eigenvalue weighted by atomic mass is 16.5. The summed E-state index contributed by atoms with van der Waals surface area (Å²) in [5, 5.41) is 0. The van der Waals surface area contributed by atoms with Gasteiger partial charge in [-0.2, -0.15) is 0 Å². The molecule has 0 radical (unpaired) electrons. The van der Waals surface area contributed by atoms with Crippen molar-refractivity contribution in [3.8, 4) is 0 Å². The van der Waals surface area contributed by atoms with E-state index in [0.717, 1.165) is 25.0 Å². The van der Waals surface area contributed by atoms with Gasteiger partial charge in [0.15, 0.2) is 0 Å². The standard InChI is InChI=1S/2C7H15NO.2C2H6/c2*1-8-4-3-7(5-8)6-9-2;2*1-2/h2*7H,3-6H2,1-2H3;2*1-2H3/t7-;;;/m1.../s1. The second-order valence-electron chi connectivity index (χ2n) is 5.74. The summed E-state index contributed by atoms with van der Waals surface area (Å²) in [6, 6.07) is 0. The molecule has 0 aliphatic carbocycles. The average Bonchev–Trinajstić information content (AvgIpc) is 3.14. The number of ether oxygens (including phenoxy) is 2. The first-order valence-corrected chi connectivity index (χ1v) is 9.00. The third-order valence-electron chi connectivity index (χ3n) is 3.78. The van der Waals surface area contributed by atoms with Crippen molar-refractivity contribution < 1.29 is 9.47 Å². The highest BCUT2D eigenvalue weighted by Gasteiger charge is 2.18. The fourth-order valence-electron chi connectivity index (χ4n) is 2.80. The molecule has 0 saturated carbocycles. The van der Waals surface area contributed by atoms with Gasteiger partial charge in [0.1, 0.15) is 0 Å². The molecule has 0 N–H and O–H groups in total. The molecular weight excluding hydrogens is 276 g/mol. The molecule has 0 aromatic rings. The summed E-state index contributed by atoms with van der Waals surface area (Å²) in [5.41, 5.74) is 0. The van der Waals surface area contributed by atoms with E-state index in [9.17, 15) is 0 Å². The Balaban J connectivity index is 0. The SMILES string of the molecule is CC.CC.COCC1CCN(C)C1.COC[C@@H]1CCN(C)C1. The highest BCUT2D eigenvalue weighted by Crippen LogP contribution is 2.14. The summed E-state index contributed by atoms with van der Waals surface area (Å²) in [7, 11) is 7.88. The predicted molar refractivity (Wildman–Crippen MR) is 97.7 cm³/mol. The van der Waals surface area contributed by atoms with Crippen LogP contribution in [-0.4, -0.2) is 77.5 Å². The smallest absolute Gasteiger partial charge is 0.0503 e. The van der Waals surface area contributed by atoms with E-state index in [1.807, 2.05) is 27.7 Å². The molecule has 0 aromatic heterocycles. The Kier molecular flexibility index (Phi) is 18.8. The largest absolute Gasteiger partial charge is 0.384 e. The molecule has 0 bridgehead atoms. The van der Waals surface area contributed by atoms with Gasteiger partial charge in [0.25, 0.3) is 0 Å². The zero-order valence-electron chi connectivity index (χ0n) is 16.5. The first-order chi connectivity index (χ1) is 10.7. The summed E-state index contributed by atoms with van der Waals surface area (Å²) < 4.78 is 10.1. The second-order valence-corrected chi connectivity index (χ2v) is 5.74. The summed E-state index contributed by atoms with van der Waals surface area (Å²) in [5.74, 6) is 1.58. The minimum absolute atomic E-state index is 0.792. The lowest BCUT2D eigenvalue weighted by atomic mass is 10.1. The Morgan fingerprint density at radius 3 is 1.23 bits per heavy atom. The molecule has 2 aliphatic rings. The molecule has 0 amide bonds. The molecule has 4 heteroatoms. The van der Waals surface area contributed by atoms with Crippen LogP contribution in [-0.2, 0) is 9.47 Å². The van der Waals surface area contributed by atoms with Crippen LogP contribution in [0, 0.1) is 11.8 Å². The van der Waals surface area contributed by atoms with Crippen molar-refractivity contribution >= 4 is 0 Å². The van der Waals surface area contributed by atoms with Gasteiger partial charge < -0.3 is 19.3 Å². The average molecular weight is 319 g/mol. The fraction of sp³-hybridized carbons (Fsp3) is 1.00. The quantitative estimate of drug-likeness (QED) is 0.794. The molecule has 0 spiro atoms. The highest BCUT2D eigenvalue weighted by molar-refractivity contribution is 4.72. The molecule has 4 nitrogen and oxygen atoms in total. The monoisotopic (exact) mass is 318 g/mol. The lowest BCUT2D eigenvalue weighted by molar-refractivity contribution is 0.155. The fourth-order valence-corrected chi connectivity index (χ4v) is 2.80. The van der Waals surface area contributed by atoms with Crippen LogP contribution in [0.2, 0.25) is 0 Å². The van der Waals surface area contributed by atoms with Gasteiger partial charge in [0.05, 0.1) is 13.2 Å². The topological polar surface area (TPSA) is 24.9 Å². The molecule has 2 aliphatic heterocycles. The van der Waals surface area contributed by atoms with E-state index in [1.165, 1.54) is 39.0 Å². The third kappa shape index (κ3) is 12.4. The van der Waals surface area contributed by atoms with Crippen LogP contribution >= 0.6 is 0 Å². The maximum absolute atomic E-state index is 5.05. The second kappa shape index (κ2) is 17.2. The molecule has 2 heterocycles. The zero-order chi connectivity index (χ0) is 17.4. The van der Waals surface area contributed by atoms with E-state index in [2.05, 4.69) is 23.9 Å². The van der Waals surface area contributed by atoms with Crippen LogP contribution in [0.15, 0.2) is 0 Å². The molecule has 2 atom stereocenters. The number of rotatable bonds is 4. The van der Waals surface area contributed by atoms with Crippen molar-refractivity contribution in [3.05, 3.63) is 0 Å². The summed E-state index contributed by atoms with van der Waals surface area (Å²) >= 11 is 0. The van der Waals surface area contributed by atoms with Crippen LogP contribution in [0.25, 0.3) is 0 Å². The van der Waals surface area contributed by atoms with Crippen molar-refractivity contribution in [1.29, 1.82) is 0 Å². The number of hydrogen-bond acceptors (Lipinski definition) is 4. The Hall–Kier alpha value is -0.160. The van der Waals surface area contributed by atoms with Crippen molar-refractivity contribution in [1.82, 2.24) is 9.80 Å². The molecule has 136 valence electrons. The molecule has 0 aromatic carbocycles. The first-order valence-electron chi connectivity index (χ1n) is 9.00. The van der Waals surface area contributed by atoms with Gasteiger partial charge in [-0.3, -0.25) is 0 Å². The number of hydrogen-bond donors (Lipinski definition) is 0. The maximum atomic E-state index is 5.05. The number of likely N-dealkylation sites (tertiary alicyclic amines) is 2. The summed E-state index contributed by atoms with van der Waals surface area (Å²) in [6.07, 6.45) is 2.62. The van der Waals surface area contributed by atoms with E-state index in [4.69, 9.17) is 9.47 Å². The normalized spacial score (nSPS) is 24.5. The van der Waals surface area contributed by atoms with Crippen LogP contribution in [0.3, 0.4) is 0 Å². The van der Waals surface area contributed by atoms with E-state index in [1.54, 1.807) is 14.2 Å². The van der Waals surface area contributed by atoms with Crippen LogP contribution < -0.4 is 0 Å². The zero-order valence-corrected chi connectivity index (χ0v) is 16.5. The van der Waals surface area contributed by atoms with Crippen molar-refractivity contribution in [3.63, 3.8) is 0 Å². The predicted octanol–water partition coefficient (Wildman–Crippen LogP) is 3.22. The summed E-state index contributed by atoms with van der Waals surface area (Å²) in [4.78, 5) is 4.70. The Morgan fingerprint density at radius 1 is 0.727 bits per heavy atom. The number of methoxy groups -OCH3 is 2. The van der Waals surface area contributed by atoms with Crippen LogP contribution in [0.1, 0.15) is 40.5 Å². The number of nitrogens with zero attached hydrogens (tertiary/aromatic N) is 2. The van der Waals surface area contributed by atoms with Gasteiger partial charge >= 0.3 is 0 Å². The van der Waals surface area contributed by atoms with E-state index < -0.39 is 0 Å². The Labute approximate surface area is 140 Å². The van der Waals surface area contributed by atoms with Gasteiger partial charge in [-0.15, -0.1) is 0 Å². The first kappa shape index (κ1) is 24.1. The van der Waals surface area contributed by atoms with Gasteiger partial charge in [0.2, 0.25) is 0 Å². The maximum Gasteiger partial charge on any atom is 0.0503 e. The Bertz CT molecular complexity index is 189. The lowest BCUT2D eigenvalue weighted by Gasteiger charge is -2.07. The minimum atomic E-state index is 0.792. The van der Waals surface area contributed by atoms with Crippen LogP contribution in [0.4, 0.5) is 0 Å².